The zero-order chi connectivity index (χ0) is 12.2. The van der Waals surface area contributed by atoms with Crippen LogP contribution in [0.2, 0.25) is 0 Å². The Hall–Kier alpha value is -1.32. The van der Waals surface area contributed by atoms with E-state index in [1.165, 1.54) is 14.0 Å². The Balaban J connectivity index is 5.25. The Kier molecular flexibility index (Phi) is 4.52. The fourth-order valence-corrected chi connectivity index (χ4v) is 0.951. The van der Waals surface area contributed by atoms with E-state index in [0.717, 1.165) is 5.57 Å². The third-order valence-electron chi connectivity index (χ3n) is 2.19. The molecule has 4 nitrogen and oxygen atoms in total. The van der Waals surface area contributed by atoms with Gasteiger partial charge in [0.05, 0.1) is 7.11 Å². The molecule has 0 aromatic heterocycles. The summed E-state index contributed by atoms with van der Waals surface area (Å²) in [6.07, 6.45) is 0. The zero-order valence-corrected chi connectivity index (χ0v) is 10.2. The van der Waals surface area contributed by atoms with E-state index in [0.29, 0.717) is 0 Å². The minimum Gasteiger partial charge on any atom is -0.464 e. The van der Waals surface area contributed by atoms with Crippen LogP contribution >= 0.6 is 0 Å². The number of carbonyl (C=O) groups is 2. The molecule has 0 saturated carbocycles. The molecule has 0 aliphatic carbocycles. The molecule has 0 radical (unpaired) electrons. The summed E-state index contributed by atoms with van der Waals surface area (Å²) in [5, 5.41) is 2.50. The summed E-state index contributed by atoms with van der Waals surface area (Å²) < 4.78 is 4.62. The smallest absolute Gasteiger partial charge is 0.354 e. The van der Waals surface area contributed by atoms with Crippen LogP contribution < -0.4 is 5.32 Å². The number of hydrogen-bond acceptors (Lipinski definition) is 3. The van der Waals surface area contributed by atoms with Gasteiger partial charge in [-0.2, -0.15) is 0 Å². The lowest BCUT2D eigenvalue weighted by Gasteiger charge is -2.22. The maximum absolute atomic E-state index is 11.4. The minimum atomic E-state index is -0.516. The SMILES string of the molecule is COC(=O)/C(NC(C)=O)=C(\C)C(C)(C)C. The van der Waals surface area contributed by atoms with E-state index in [1.54, 1.807) is 0 Å². The average molecular weight is 213 g/mol. The van der Waals surface area contributed by atoms with Crippen LogP contribution in [0.1, 0.15) is 34.6 Å². The first-order chi connectivity index (χ1) is 6.70. The van der Waals surface area contributed by atoms with Crippen LogP contribution in [-0.2, 0) is 14.3 Å². The molecule has 0 unspecified atom stereocenters. The molecule has 4 heteroatoms. The maximum Gasteiger partial charge on any atom is 0.354 e. The fraction of sp³-hybridized carbons (Fsp3) is 0.636. The highest BCUT2D eigenvalue weighted by molar-refractivity contribution is 5.94. The van der Waals surface area contributed by atoms with Gasteiger partial charge < -0.3 is 10.1 Å². The number of carbonyl (C=O) groups excluding carboxylic acids is 2. The molecule has 15 heavy (non-hydrogen) atoms. The van der Waals surface area contributed by atoms with Gasteiger partial charge in [-0.3, -0.25) is 4.79 Å². The Labute approximate surface area is 90.7 Å². The number of esters is 1. The molecule has 0 heterocycles. The number of methoxy groups -OCH3 is 1. The van der Waals surface area contributed by atoms with E-state index in [9.17, 15) is 9.59 Å². The zero-order valence-electron chi connectivity index (χ0n) is 10.2. The van der Waals surface area contributed by atoms with Crippen LogP contribution in [0.5, 0.6) is 0 Å². The third-order valence-corrected chi connectivity index (χ3v) is 2.19. The number of nitrogens with one attached hydrogen (secondary N) is 1. The van der Waals surface area contributed by atoms with Crippen molar-refractivity contribution >= 4 is 11.9 Å². The highest BCUT2D eigenvalue weighted by atomic mass is 16.5. The van der Waals surface area contributed by atoms with Crippen LogP contribution in [0, 0.1) is 5.41 Å². The van der Waals surface area contributed by atoms with Crippen LogP contribution in [0.25, 0.3) is 0 Å². The standard InChI is InChI=1S/C11H19NO3/c1-7(11(3,4)5)9(10(14)15-6)12-8(2)13/h1-6H3,(H,12,13)/b9-7-. The van der Waals surface area contributed by atoms with E-state index in [1.807, 2.05) is 27.7 Å². The first-order valence-electron chi connectivity index (χ1n) is 4.77. The quantitative estimate of drug-likeness (QED) is 0.560. The summed E-state index contributed by atoms with van der Waals surface area (Å²) in [5.74, 6) is -0.795. The molecule has 1 amide bonds. The van der Waals surface area contributed by atoms with Gasteiger partial charge in [-0.05, 0) is 17.9 Å². The fourth-order valence-electron chi connectivity index (χ4n) is 0.951. The van der Waals surface area contributed by atoms with Crippen molar-refractivity contribution in [3.8, 4) is 0 Å². The second-order valence-corrected chi connectivity index (χ2v) is 4.42. The largest absolute Gasteiger partial charge is 0.464 e. The predicted octanol–water partition coefficient (Wildman–Crippen LogP) is 1.62. The molecule has 0 bridgehead atoms. The van der Waals surface area contributed by atoms with Crippen molar-refractivity contribution in [2.45, 2.75) is 34.6 Å². The van der Waals surface area contributed by atoms with Crippen molar-refractivity contribution in [3.63, 3.8) is 0 Å². The van der Waals surface area contributed by atoms with Crippen molar-refractivity contribution in [1.29, 1.82) is 0 Å². The lowest BCUT2D eigenvalue weighted by molar-refractivity contribution is -0.137. The summed E-state index contributed by atoms with van der Waals surface area (Å²) >= 11 is 0. The van der Waals surface area contributed by atoms with Crippen molar-refractivity contribution in [2.24, 2.45) is 5.41 Å². The Morgan fingerprint density at radius 3 is 1.87 bits per heavy atom. The number of rotatable bonds is 2. The molecule has 1 N–H and O–H groups in total. The Bertz CT molecular complexity index is 297. The molecule has 86 valence electrons. The number of hydrogen-bond donors (Lipinski definition) is 1. The molecular formula is C11H19NO3. The molecule has 0 aliphatic heterocycles. The van der Waals surface area contributed by atoms with Gasteiger partial charge in [-0.15, -0.1) is 0 Å². The lowest BCUT2D eigenvalue weighted by Crippen LogP contribution is -2.29. The highest BCUT2D eigenvalue weighted by Crippen LogP contribution is 2.26. The lowest BCUT2D eigenvalue weighted by atomic mass is 9.86. The topological polar surface area (TPSA) is 55.4 Å². The third kappa shape index (κ3) is 4.14. The van der Waals surface area contributed by atoms with Gasteiger partial charge >= 0.3 is 5.97 Å². The molecular weight excluding hydrogens is 194 g/mol. The summed E-state index contributed by atoms with van der Waals surface area (Å²) in [5.41, 5.74) is 0.841. The van der Waals surface area contributed by atoms with Crippen LogP contribution in [-0.4, -0.2) is 19.0 Å². The van der Waals surface area contributed by atoms with E-state index in [-0.39, 0.29) is 17.0 Å². The predicted molar refractivity (Wildman–Crippen MR) is 58.0 cm³/mol. The van der Waals surface area contributed by atoms with Gasteiger partial charge in [0.1, 0.15) is 5.70 Å². The van der Waals surface area contributed by atoms with E-state index in [4.69, 9.17) is 0 Å². The molecule has 0 aromatic rings. The van der Waals surface area contributed by atoms with Gasteiger partial charge in [0, 0.05) is 6.92 Å². The number of amides is 1. The first-order valence-corrected chi connectivity index (χ1v) is 4.77. The molecule has 0 saturated heterocycles. The Morgan fingerprint density at radius 1 is 1.13 bits per heavy atom. The average Bonchev–Trinajstić information content (AvgIpc) is 2.10. The monoisotopic (exact) mass is 213 g/mol. The molecule has 0 atom stereocenters. The second-order valence-electron chi connectivity index (χ2n) is 4.42. The molecule has 0 rings (SSSR count). The van der Waals surface area contributed by atoms with E-state index in [2.05, 4.69) is 10.1 Å². The summed E-state index contributed by atoms with van der Waals surface area (Å²) in [6.45, 7) is 9.06. The maximum atomic E-state index is 11.4. The van der Waals surface area contributed by atoms with Gasteiger partial charge in [0.15, 0.2) is 0 Å². The summed E-state index contributed by atoms with van der Waals surface area (Å²) in [4.78, 5) is 22.4. The summed E-state index contributed by atoms with van der Waals surface area (Å²) in [7, 11) is 1.29. The normalized spacial score (nSPS) is 12.9. The molecule has 0 aromatic carbocycles. The van der Waals surface area contributed by atoms with Crippen molar-refractivity contribution < 1.29 is 14.3 Å². The van der Waals surface area contributed by atoms with Gasteiger partial charge in [0.25, 0.3) is 0 Å². The second kappa shape index (κ2) is 4.96. The van der Waals surface area contributed by atoms with Crippen LogP contribution in [0.3, 0.4) is 0 Å². The van der Waals surface area contributed by atoms with Crippen molar-refractivity contribution in [1.82, 2.24) is 5.32 Å². The van der Waals surface area contributed by atoms with E-state index < -0.39 is 5.97 Å². The van der Waals surface area contributed by atoms with Gasteiger partial charge in [0.2, 0.25) is 5.91 Å². The van der Waals surface area contributed by atoms with Crippen molar-refractivity contribution in [3.05, 3.63) is 11.3 Å². The first kappa shape index (κ1) is 13.7. The Morgan fingerprint density at radius 2 is 1.60 bits per heavy atom. The van der Waals surface area contributed by atoms with Crippen LogP contribution in [0.4, 0.5) is 0 Å². The van der Waals surface area contributed by atoms with Crippen LogP contribution in [0.15, 0.2) is 11.3 Å². The van der Waals surface area contributed by atoms with Gasteiger partial charge in [-0.25, -0.2) is 4.79 Å². The molecule has 0 aliphatic rings. The minimum absolute atomic E-state index is 0.189. The number of allylic oxidation sites excluding steroid dienone is 1. The van der Waals surface area contributed by atoms with Gasteiger partial charge in [-0.1, -0.05) is 20.8 Å². The highest BCUT2D eigenvalue weighted by Gasteiger charge is 2.22. The molecule has 0 spiro atoms. The summed E-state index contributed by atoms with van der Waals surface area (Å²) in [6, 6.07) is 0. The molecule has 0 fully saturated rings. The van der Waals surface area contributed by atoms with E-state index >= 15 is 0 Å². The van der Waals surface area contributed by atoms with Crippen molar-refractivity contribution in [2.75, 3.05) is 7.11 Å². The number of ether oxygens (including phenoxy) is 1.